The molecule has 0 unspecified atom stereocenters. The number of aromatic nitrogens is 3. The molecule has 0 bridgehead atoms. The lowest BCUT2D eigenvalue weighted by Crippen LogP contribution is -2.37. The van der Waals surface area contributed by atoms with E-state index < -0.39 is 5.91 Å². The minimum absolute atomic E-state index is 0.119. The Morgan fingerprint density at radius 2 is 1.92 bits per heavy atom. The fourth-order valence-electron chi connectivity index (χ4n) is 5.18. The van der Waals surface area contributed by atoms with Gasteiger partial charge in [0.05, 0.1) is 12.2 Å². The molecular formula is C27H26N6O3. The third kappa shape index (κ3) is 3.73. The zero-order chi connectivity index (χ0) is 25.0. The molecule has 4 aromatic rings. The van der Waals surface area contributed by atoms with Gasteiger partial charge in [-0.25, -0.2) is 4.98 Å². The maximum absolute atomic E-state index is 11.6. The van der Waals surface area contributed by atoms with Gasteiger partial charge in [0, 0.05) is 66.5 Å². The van der Waals surface area contributed by atoms with Crippen LogP contribution in [0, 0.1) is 0 Å². The van der Waals surface area contributed by atoms with E-state index in [4.69, 9.17) is 15.9 Å². The molecule has 4 heterocycles. The number of carbonyl (C=O) groups is 2. The van der Waals surface area contributed by atoms with Gasteiger partial charge < -0.3 is 20.8 Å². The number of hydrogen-bond donors (Lipinski definition) is 2. The number of nitrogens with two attached hydrogens (primary N) is 2. The molecule has 36 heavy (non-hydrogen) atoms. The first-order valence-electron chi connectivity index (χ1n) is 12.0. The van der Waals surface area contributed by atoms with Crippen molar-refractivity contribution in [2.45, 2.75) is 32.2 Å². The summed E-state index contributed by atoms with van der Waals surface area (Å²) in [6, 6.07) is 8.19. The van der Waals surface area contributed by atoms with E-state index in [0.29, 0.717) is 29.2 Å². The number of rotatable bonds is 4. The van der Waals surface area contributed by atoms with Crippen molar-refractivity contribution in [2.75, 3.05) is 18.8 Å². The number of furan rings is 1. The Kier molecular flexibility index (Phi) is 5.13. The SMILES string of the molecule is CC(=O)N1CCC(n2cc(-c3cnc(N)c4oc(-c5ccc6c(c5)C=C(C(N)=O)C6)cc34)cn2)CC1. The molecule has 9 heteroatoms. The molecule has 1 fully saturated rings. The number of pyridine rings is 1. The van der Waals surface area contributed by atoms with Gasteiger partial charge in [0.15, 0.2) is 11.4 Å². The minimum Gasteiger partial charge on any atom is -0.452 e. The maximum Gasteiger partial charge on any atom is 0.244 e. The van der Waals surface area contributed by atoms with Crippen LogP contribution < -0.4 is 11.5 Å². The van der Waals surface area contributed by atoms with Gasteiger partial charge in [-0.05, 0) is 42.2 Å². The van der Waals surface area contributed by atoms with Crippen molar-refractivity contribution in [3.8, 4) is 22.5 Å². The molecule has 3 aromatic heterocycles. The summed E-state index contributed by atoms with van der Waals surface area (Å²) in [6.45, 7) is 3.10. The Bertz CT molecular complexity index is 1550. The van der Waals surface area contributed by atoms with Crippen molar-refractivity contribution >= 4 is 34.7 Å². The van der Waals surface area contributed by atoms with Gasteiger partial charge in [-0.1, -0.05) is 12.1 Å². The van der Waals surface area contributed by atoms with Gasteiger partial charge in [-0.3, -0.25) is 14.3 Å². The predicted octanol–water partition coefficient (Wildman–Crippen LogP) is 3.55. The molecule has 1 aliphatic heterocycles. The molecule has 1 aromatic carbocycles. The summed E-state index contributed by atoms with van der Waals surface area (Å²) in [5.41, 5.74) is 17.5. The standard InChI is InChI=1S/C27H26N6O3/c1-15(34)32-6-4-21(5-7-32)33-14-20(12-31-33)23-13-30-26(28)25-22(23)11-24(36-25)17-3-2-16-8-19(27(29)35)10-18(16)9-17/h2-3,9-14,21H,4-8H2,1H3,(H2,28,30)(H2,29,35). The molecule has 0 atom stereocenters. The summed E-state index contributed by atoms with van der Waals surface area (Å²) >= 11 is 0. The van der Waals surface area contributed by atoms with Gasteiger partial charge in [0.25, 0.3) is 0 Å². The van der Waals surface area contributed by atoms with E-state index in [1.165, 1.54) is 0 Å². The zero-order valence-corrected chi connectivity index (χ0v) is 19.9. The third-order valence-electron chi connectivity index (χ3n) is 7.24. The van der Waals surface area contributed by atoms with Crippen LogP contribution in [0.25, 0.3) is 39.5 Å². The van der Waals surface area contributed by atoms with Gasteiger partial charge in [0.2, 0.25) is 11.8 Å². The first-order valence-corrected chi connectivity index (χ1v) is 12.0. The van der Waals surface area contributed by atoms with Crippen LogP contribution in [-0.2, 0) is 16.0 Å². The van der Waals surface area contributed by atoms with Crippen molar-refractivity contribution in [3.63, 3.8) is 0 Å². The van der Waals surface area contributed by atoms with Gasteiger partial charge in [0.1, 0.15) is 5.76 Å². The number of amides is 2. The van der Waals surface area contributed by atoms with E-state index in [1.54, 1.807) is 13.1 Å². The maximum atomic E-state index is 11.6. The normalized spacial score (nSPS) is 15.8. The summed E-state index contributed by atoms with van der Waals surface area (Å²) in [7, 11) is 0. The van der Waals surface area contributed by atoms with E-state index in [2.05, 4.69) is 10.1 Å². The van der Waals surface area contributed by atoms with Crippen LogP contribution in [0.2, 0.25) is 0 Å². The lowest BCUT2D eigenvalue weighted by molar-refractivity contribution is -0.130. The first kappa shape index (κ1) is 22.1. The highest BCUT2D eigenvalue weighted by Crippen LogP contribution is 2.38. The van der Waals surface area contributed by atoms with Crippen LogP contribution >= 0.6 is 0 Å². The Labute approximate surface area is 207 Å². The molecule has 2 aliphatic rings. The van der Waals surface area contributed by atoms with E-state index in [9.17, 15) is 9.59 Å². The van der Waals surface area contributed by atoms with E-state index >= 15 is 0 Å². The van der Waals surface area contributed by atoms with Crippen molar-refractivity contribution < 1.29 is 14.0 Å². The van der Waals surface area contributed by atoms with Crippen molar-refractivity contribution in [2.24, 2.45) is 5.73 Å². The van der Waals surface area contributed by atoms with Gasteiger partial charge in [-0.2, -0.15) is 5.10 Å². The number of fused-ring (bicyclic) bond motifs is 2. The smallest absolute Gasteiger partial charge is 0.244 e. The second kappa shape index (κ2) is 8.37. The molecule has 4 N–H and O–H groups in total. The summed E-state index contributed by atoms with van der Waals surface area (Å²) in [6.07, 6.45) is 9.74. The Morgan fingerprint density at radius 1 is 1.11 bits per heavy atom. The highest BCUT2D eigenvalue weighted by atomic mass is 16.3. The summed E-state index contributed by atoms with van der Waals surface area (Å²) < 4.78 is 8.16. The Balaban J connectivity index is 1.33. The second-order valence-corrected chi connectivity index (χ2v) is 9.48. The van der Waals surface area contributed by atoms with Gasteiger partial charge >= 0.3 is 0 Å². The van der Waals surface area contributed by atoms with Gasteiger partial charge in [-0.15, -0.1) is 0 Å². The Morgan fingerprint density at radius 3 is 2.67 bits per heavy atom. The van der Waals surface area contributed by atoms with E-state index in [-0.39, 0.29) is 11.9 Å². The molecule has 2 amide bonds. The van der Waals surface area contributed by atoms with Crippen LogP contribution in [0.15, 0.2) is 52.8 Å². The minimum atomic E-state index is -0.398. The fourth-order valence-corrected chi connectivity index (χ4v) is 5.18. The first-order chi connectivity index (χ1) is 17.4. The number of benzene rings is 1. The predicted molar refractivity (Wildman–Crippen MR) is 136 cm³/mol. The van der Waals surface area contributed by atoms with E-state index in [0.717, 1.165) is 59.1 Å². The number of nitrogens with zero attached hydrogens (tertiary/aromatic N) is 4. The van der Waals surface area contributed by atoms with Crippen LogP contribution in [0.5, 0.6) is 0 Å². The van der Waals surface area contributed by atoms with Crippen LogP contribution in [0.4, 0.5) is 5.82 Å². The quantitative estimate of drug-likeness (QED) is 0.457. The topological polar surface area (TPSA) is 133 Å². The summed E-state index contributed by atoms with van der Waals surface area (Å²) in [5, 5.41) is 5.48. The van der Waals surface area contributed by atoms with E-state index in [1.807, 2.05) is 52.3 Å². The van der Waals surface area contributed by atoms with Crippen LogP contribution in [-0.4, -0.2) is 44.6 Å². The number of anilines is 1. The second-order valence-electron chi connectivity index (χ2n) is 9.48. The average Bonchev–Trinajstić information content (AvgIpc) is 3.62. The molecule has 0 radical (unpaired) electrons. The molecule has 0 spiro atoms. The number of carbonyl (C=O) groups excluding carboxylic acids is 2. The van der Waals surface area contributed by atoms with Crippen molar-refractivity contribution in [1.29, 1.82) is 0 Å². The highest BCUT2D eigenvalue weighted by molar-refractivity contribution is 6.01. The molecule has 182 valence electrons. The van der Waals surface area contributed by atoms with Crippen molar-refractivity contribution in [1.82, 2.24) is 19.7 Å². The Hall–Kier alpha value is -4.40. The number of likely N-dealkylation sites (tertiary alicyclic amines) is 1. The number of nitrogen functional groups attached to an aromatic ring is 1. The molecule has 1 saturated heterocycles. The lowest BCUT2D eigenvalue weighted by Gasteiger charge is -2.31. The van der Waals surface area contributed by atoms with Crippen LogP contribution in [0.1, 0.15) is 36.9 Å². The third-order valence-corrected chi connectivity index (χ3v) is 7.24. The lowest BCUT2D eigenvalue weighted by atomic mass is 10.0. The molecule has 1 aliphatic carbocycles. The van der Waals surface area contributed by atoms with Crippen molar-refractivity contribution in [3.05, 3.63) is 59.6 Å². The number of hydrogen-bond acceptors (Lipinski definition) is 6. The molecule has 9 nitrogen and oxygen atoms in total. The average molecular weight is 483 g/mol. The monoisotopic (exact) mass is 482 g/mol. The summed E-state index contributed by atoms with van der Waals surface area (Å²) in [4.78, 5) is 29.5. The zero-order valence-electron chi connectivity index (χ0n) is 19.9. The molecule has 0 saturated carbocycles. The summed E-state index contributed by atoms with van der Waals surface area (Å²) in [5.74, 6) is 0.707. The highest BCUT2D eigenvalue weighted by Gasteiger charge is 2.24. The number of primary amides is 1. The largest absolute Gasteiger partial charge is 0.452 e. The fraction of sp³-hybridized carbons (Fsp3) is 0.259. The molecular weight excluding hydrogens is 456 g/mol. The number of piperidine rings is 1. The van der Waals surface area contributed by atoms with Crippen LogP contribution in [0.3, 0.4) is 0 Å². The molecule has 6 rings (SSSR count).